The van der Waals surface area contributed by atoms with E-state index in [1.54, 1.807) is 20.0 Å². The highest BCUT2D eigenvalue weighted by atomic mass is 32.1. The number of nitrogens with one attached hydrogen (secondary N) is 3. The van der Waals surface area contributed by atoms with E-state index in [1.165, 1.54) is 16.6 Å². The van der Waals surface area contributed by atoms with Crippen molar-refractivity contribution in [2.75, 3.05) is 6.54 Å². The van der Waals surface area contributed by atoms with Gasteiger partial charge < -0.3 is 20.9 Å². The second kappa shape index (κ2) is 12.4. The summed E-state index contributed by atoms with van der Waals surface area (Å²) in [5.74, 6) is -2.67. The molecule has 4 atom stereocenters. The smallest absolute Gasteiger partial charge is 0.349 e. The number of fused-ring (bicyclic) bond motifs is 6. The van der Waals surface area contributed by atoms with Gasteiger partial charge in [-0.25, -0.2) is 4.68 Å². The van der Waals surface area contributed by atoms with Gasteiger partial charge in [-0.3, -0.25) is 23.9 Å². The number of aryl methyl sites for hydroxylation is 1. The molecule has 0 saturated carbocycles. The Bertz CT molecular complexity index is 1830. The SMILES string of the molecule is CC(C)[C@@H]1NC(=O)[C@@H]2C[C@@H](CN2C(=O)c2cc3c(C(F)(F)F)nn(C)c3s2)n2cc(nn2)CNC(=O)[C@@H](Cc2ccccc2)NC1=O. The van der Waals surface area contributed by atoms with Crippen molar-refractivity contribution in [3.05, 3.63) is 64.4 Å². The largest absolute Gasteiger partial charge is 0.435 e. The standard InChI is InChI=1S/C30H32F3N9O4S/c1-15(2)23-27(45)35-20(9-16-7-5-4-6-8-16)25(43)34-12-17-13-42(39-37-17)18-10-21(26(44)36-23)41(14-18)28(46)22-11-19-24(30(31,32)33)38-40(3)29(19)47-22/h4-8,11,13,15,18,20-21,23H,9-10,12,14H2,1-3H3,(H,34,43)(H,35,45)(H,36,44)/t18-,20+,21-,23-/m0/s1. The number of likely N-dealkylation sites (tertiary alicyclic amines) is 1. The predicted octanol–water partition coefficient (Wildman–Crippen LogP) is 2.20. The van der Waals surface area contributed by atoms with E-state index >= 15 is 0 Å². The average Bonchev–Trinajstić information content (AvgIpc) is 3.82. The minimum absolute atomic E-state index is 0.00237. The number of rotatable bonds is 4. The molecular formula is C30H32F3N9O4S. The maximum Gasteiger partial charge on any atom is 0.435 e. The Balaban J connectivity index is 1.33. The summed E-state index contributed by atoms with van der Waals surface area (Å²) in [5.41, 5.74) is 0.132. The van der Waals surface area contributed by atoms with Crippen LogP contribution in [0.3, 0.4) is 0 Å². The Morgan fingerprint density at radius 2 is 1.83 bits per heavy atom. The van der Waals surface area contributed by atoms with Gasteiger partial charge in [-0.05, 0) is 17.5 Å². The molecule has 6 rings (SSSR count). The minimum atomic E-state index is -4.72. The molecule has 1 fully saturated rings. The van der Waals surface area contributed by atoms with Gasteiger partial charge in [0.05, 0.1) is 23.7 Å². The number of hydrogen-bond acceptors (Lipinski definition) is 8. The van der Waals surface area contributed by atoms with Crippen molar-refractivity contribution in [2.24, 2.45) is 13.0 Å². The van der Waals surface area contributed by atoms with Crippen LogP contribution in [0.1, 0.15) is 52.9 Å². The highest BCUT2D eigenvalue weighted by Gasteiger charge is 2.44. The summed E-state index contributed by atoms with van der Waals surface area (Å²) in [6, 6.07) is 6.68. The lowest BCUT2D eigenvalue weighted by molar-refractivity contribution is -0.140. The summed E-state index contributed by atoms with van der Waals surface area (Å²) < 4.78 is 43.6. The monoisotopic (exact) mass is 671 g/mol. The fourth-order valence-corrected chi connectivity index (χ4v) is 6.98. The van der Waals surface area contributed by atoms with Gasteiger partial charge >= 0.3 is 6.18 Å². The summed E-state index contributed by atoms with van der Waals surface area (Å²) in [5, 5.41) is 20.1. The van der Waals surface area contributed by atoms with E-state index in [0.717, 1.165) is 27.6 Å². The molecular weight excluding hydrogens is 639 g/mol. The van der Waals surface area contributed by atoms with Crippen LogP contribution in [-0.4, -0.2) is 78.0 Å². The number of alkyl halides is 3. The van der Waals surface area contributed by atoms with Gasteiger partial charge in [0.25, 0.3) is 5.91 Å². The van der Waals surface area contributed by atoms with Crippen LogP contribution >= 0.6 is 11.3 Å². The lowest BCUT2D eigenvalue weighted by Crippen LogP contribution is -2.58. The molecule has 0 radical (unpaired) electrons. The van der Waals surface area contributed by atoms with Crippen LogP contribution in [0.2, 0.25) is 0 Å². The van der Waals surface area contributed by atoms with Gasteiger partial charge in [0.15, 0.2) is 5.69 Å². The summed E-state index contributed by atoms with van der Waals surface area (Å²) in [6.07, 6.45) is -2.81. The number of amides is 4. The molecule has 248 valence electrons. The summed E-state index contributed by atoms with van der Waals surface area (Å²) in [7, 11) is 1.37. The zero-order valence-corrected chi connectivity index (χ0v) is 26.4. The molecule has 0 unspecified atom stereocenters. The van der Waals surface area contributed by atoms with Crippen LogP contribution in [0.25, 0.3) is 10.2 Å². The fraction of sp³-hybridized carbons (Fsp3) is 0.433. The van der Waals surface area contributed by atoms with E-state index in [-0.39, 0.29) is 41.0 Å². The quantitative estimate of drug-likeness (QED) is 0.301. The van der Waals surface area contributed by atoms with Crippen LogP contribution in [0.4, 0.5) is 13.2 Å². The third kappa shape index (κ3) is 6.43. The summed E-state index contributed by atoms with van der Waals surface area (Å²) >= 11 is 0.852. The first kappa shape index (κ1) is 32.2. The molecule has 2 aliphatic heterocycles. The van der Waals surface area contributed by atoms with Crippen LogP contribution in [-0.2, 0) is 40.6 Å². The van der Waals surface area contributed by atoms with Crippen LogP contribution in [0.5, 0.6) is 0 Å². The second-order valence-electron chi connectivity index (χ2n) is 12.1. The van der Waals surface area contributed by atoms with Crippen LogP contribution < -0.4 is 16.0 Å². The molecule has 1 saturated heterocycles. The fourth-order valence-electron chi connectivity index (χ4n) is 5.95. The van der Waals surface area contributed by atoms with Crippen molar-refractivity contribution in [3.63, 3.8) is 0 Å². The maximum absolute atomic E-state index is 13.9. The van der Waals surface area contributed by atoms with Crippen molar-refractivity contribution < 1.29 is 32.3 Å². The number of hydrogen-bond donors (Lipinski definition) is 3. The number of aromatic nitrogens is 5. The zero-order valence-electron chi connectivity index (χ0n) is 25.6. The summed E-state index contributed by atoms with van der Waals surface area (Å²) in [4.78, 5) is 56.2. The van der Waals surface area contributed by atoms with Gasteiger partial charge in [-0.1, -0.05) is 49.4 Å². The Morgan fingerprint density at radius 1 is 1.09 bits per heavy atom. The summed E-state index contributed by atoms with van der Waals surface area (Å²) in [6.45, 7) is 3.50. The first-order chi connectivity index (χ1) is 22.3. The highest BCUT2D eigenvalue weighted by Crippen LogP contribution is 2.39. The lowest BCUT2D eigenvalue weighted by Gasteiger charge is -2.28. The van der Waals surface area contributed by atoms with Crippen molar-refractivity contribution in [3.8, 4) is 0 Å². The molecule has 0 spiro atoms. The van der Waals surface area contributed by atoms with Gasteiger partial charge in [0.2, 0.25) is 17.7 Å². The van der Waals surface area contributed by atoms with E-state index in [1.807, 2.05) is 30.3 Å². The molecule has 4 amide bonds. The molecule has 3 N–H and O–H groups in total. The molecule has 1 aromatic carbocycles. The second-order valence-corrected chi connectivity index (χ2v) is 13.1. The maximum atomic E-state index is 13.9. The molecule has 5 heterocycles. The Morgan fingerprint density at radius 3 is 2.53 bits per heavy atom. The van der Waals surface area contributed by atoms with Crippen molar-refractivity contribution in [1.82, 2.24) is 45.6 Å². The molecule has 4 aromatic rings. The van der Waals surface area contributed by atoms with Crippen molar-refractivity contribution in [2.45, 2.75) is 63.6 Å². The highest BCUT2D eigenvalue weighted by molar-refractivity contribution is 7.20. The van der Waals surface area contributed by atoms with Crippen LogP contribution in [0, 0.1) is 5.92 Å². The van der Waals surface area contributed by atoms with Gasteiger partial charge in [-0.15, -0.1) is 16.4 Å². The Labute approximate surface area is 270 Å². The van der Waals surface area contributed by atoms with E-state index in [4.69, 9.17) is 0 Å². The molecule has 3 aromatic heterocycles. The van der Waals surface area contributed by atoms with E-state index in [2.05, 4.69) is 31.4 Å². The molecule has 4 bridgehead atoms. The Hall–Kier alpha value is -4.80. The minimum Gasteiger partial charge on any atom is -0.349 e. The zero-order chi connectivity index (χ0) is 33.6. The number of nitrogens with zero attached hydrogens (tertiary/aromatic N) is 6. The van der Waals surface area contributed by atoms with Crippen LogP contribution in [0.15, 0.2) is 42.6 Å². The van der Waals surface area contributed by atoms with Crippen molar-refractivity contribution in [1.29, 1.82) is 0 Å². The number of carbonyl (C=O) groups excluding carboxylic acids is 4. The van der Waals surface area contributed by atoms with Gasteiger partial charge in [0, 0.05) is 31.8 Å². The third-order valence-electron chi connectivity index (χ3n) is 8.37. The molecule has 13 nitrogen and oxygen atoms in total. The average molecular weight is 672 g/mol. The molecule has 47 heavy (non-hydrogen) atoms. The van der Waals surface area contributed by atoms with E-state index in [9.17, 15) is 32.3 Å². The van der Waals surface area contributed by atoms with Crippen molar-refractivity contribution >= 4 is 45.2 Å². The number of benzene rings is 1. The van der Waals surface area contributed by atoms with Gasteiger partial charge in [0.1, 0.15) is 28.6 Å². The molecule has 2 aliphatic rings. The number of thiophene rings is 1. The normalized spacial score (nSPS) is 22.5. The Kier molecular flexibility index (Phi) is 8.50. The predicted molar refractivity (Wildman–Crippen MR) is 163 cm³/mol. The lowest BCUT2D eigenvalue weighted by atomic mass is 10.00. The first-order valence-corrected chi connectivity index (χ1v) is 15.8. The topological polar surface area (TPSA) is 156 Å². The van der Waals surface area contributed by atoms with Gasteiger partial charge in [-0.2, -0.15) is 18.3 Å². The number of carbonyl (C=O) groups is 4. The molecule has 0 aliphatic carbocycles. The first-order valence-electron chi connectivity index (χ1n) is 15.0. The number of halogens is 3. The van der Waals surface area contributed by atoms with E-state index < -0.39 is 65.6 Å². The van der Waals surface area contributed by atoms with E-state index in [0.29, 0.717) is 5.69 Å². The molecule has 17 heteroatoms. The third-order valence-corrected chi connectivity index (χ3v) is 9.56.